The van der Waals surface area contributed by atoms with E-state index in [-0.39, 0.29) is 23.3 Å². The molecule has 1 aromatic heterocycles. The van der Waals surface area contributed by atoms with Crippen molar-refractivity contribution < 1.29 is 17.9 Å². The van der Waals surface area contributed by atoms with Gasteiger partial charge in [-0.2, -0.15) is 13.2 Å². The molecular formula is C15H16F3N3OS. The first-order chi connectivity index (χ1) is 10.8. The largest absolute Gasteiger partial charge is 0.473 e. The normalized spacial score (nSPS) is 11.4. The van der Waals surface area contributed by atoms with Crippen molar-refractivity contribution in [3.05, 3.63) is 47.7 Å². The SMILES string of the molecule is Cc1cccc(OCc2c(SC(F)(F)F)cccc2N(C)N)n1. The number of hydrazine groups is 1. The van der Waals surface area contributed by atoms with Crippen LogP contribution in [0.1, 0.15) is 11.3 Å². The van der Waals surface area contributed by atoms with Crippen LogP contribution in [-0.4, -0.2) is 17.5 Å². The number of alkyl halides is 3. The van der Waals surface area contributed by atoms with Crippen LogP contribution in [0.5, 0.6) is 5.88 Å². The van der Waals surface area contributed by atoms with Gasteiger partial charge >= 0.3 is 5.51 Å². The first-order valence-corrected chi connectivity index (χ1v) is 7.50. The van der Waals surface area contributed by atoms with Crippen molar-refractivity contribution in [1.29, 1.82) is 0 Å². The third-order valence-electron chi connectivity index (χ3n) is 2.94. The lowest BCUT2D eigenvalue weighted by atomic mass is 10.2. The summed E-state index contributed by atoms with van der Waals surface area (Å²) in [7, 11) is 1.56. The second-order valence-corrected chi connectivity index (χ2v) is 5.93. The maximum atomic E-state index is 12.7. The lowest BCUT2D eigenvalue weighted by Crippen LogP contribution is -2.26. The highest BCUT2D eigenvalue weighted by Crippen LogP contribution is 2.41. The van der Waals surface area contributed by atoms with Crippen LogP contribution < -0.4 is 15.6 Å². The summed E-state index contributed by atoms with van der Waals surface area (Å²) in [6.07, 6.45) is 0. The Hall–Kier alpha value is -1.93. The van der Waals surface area contributed by atoms with Gasteiger partial charge in [-0.15, -0.1) is 0 Å². The van der Waals surface area contributed by atoms with Crippen LogP contribution in [0.25, 0.3) is 0 Å². The Bertz CT molecular complexity index is 677. The average molecular weight is 343 g/mol. The highest BCUT2D eigenvalue weighted by molar-refractivity contribution is 8.00. The number of thioether (sulfide) groups is 1. The number of nitrogens with zero attached hydrogens (tertiary/aromatic N) is 2. The lowest BCUT2D eigenvalue weighted by Gasteiger charge is -2.20. The van der Waals surface area contributed by atoms with Crippen molar-refractivity contribution in [2.75, 3.05) is 12.1 Å². The van der Waals surface area contributed by atoms with Crippen LogP contribution in [0.4, 0.5) is 18.9 Å². The second kappa shape index (κ2) is 7.10. The molecule has 1 heterocycles. The standard InChI is InChI=1S/C15H16F3N3OS/c1-10-5-3-8-14(20-10)22-9-11-12(21(2)19)6-4-7-13(11)23-15(16,17)18/h3-8H,9,19H2,1-2H3. The van der Waals surface area contributed by atoms with Gasteiger partial charge in [-0.25, -0.2) is 10.8 Å². The van der Waals surface area contributed by atoms with Gasteiger partial charge in [0.2, 0.25) is 5.88 Å². The van der Waals surface area contributed by atoms with Crippen molar-refractivity contribution in [1.82, 2.24) is 4.98 Å². The van der Waals surface area contributed by atoms with Gasteiger partial charge in [-0.05, 0) is 36.9 Å². The molecule has 0 unspecified atom stereocenters. The Morgan fingerprint density at radius 3 is 2.52 bits per heavy atom. The molecule has 0 fully saturated rings. The molecule has 2 N–H and O–H groups in total. The molecule has 0 aliphatic carbocycles. The van der Waals surface area contributed by atoms with E-state index in [0.29, 0.717) is 17.1 Å². The molecule has 0 saturated heterocycles. The molecule has 0 aliphatic rings. The van der Waals surface area contributed by atoms with Crippen molar-refractivity contribution in [3.63, 3.8) is 0 Å². The first kappa shape index (κ1) is 17.4. The van der Waals surface area contributed by atoms with Crippen molar-refractivity contribution >= 4 is 17.4 Å². The molecular weight excluding hydrogens is 327 g/mol. The van der Waals surface area contributed by atoms with Crippen LogP contribution in [0.15, 0.2) is 41.3 Å². The fourth-order valence-corrected chi connectivity index (χ4v) is 2.68. The van der Waals surface area contributed by atoms with E-state index < -0.39 is 5.51 Å². The highest BCUT2D eigenvalue weighted by Gasteiger charge is 2.31. The number of anilines is 1. The molecule has 0 spiro atoms. The number of rotatable bonds is 5. The maximum Gasteiger partial charge on any atom is 0.446 e. The predicted molar refractivity (Wildman–Crippen MR) is 84.3 cm³/mol. The van der Waals surface area contributed by atoms with Gasteiger partial charge < -0.3 is 9.75 Å². The molecule has 0 saturated carbocycles. The van der Waals surface area contributed by atoms with Crippen LogP contribution in [0.3, 0.4) is 0 Å². The second-order valence-electron chi connectivity index (χ2n) is 4.82. The molecule has 1 aromatic carbocycles. The lowest BCUT2D eigenvalue weighted by molar-refractivity contribution is -0.0328. The number of hydrogen-bond donors (Lipinski definition) is 1. The third-order valence-corrected chi connectivity index (χ3v) is 3.78. The summed E-state index contributed by atoms with van der Waals surface area (Å²) in [4.78, 5) is 4.23. The zero-order valence-corrected chi connectivity index (χ0v) is 13.4. The van der Waals surface area contributed by atoms with Crippen LogP contribution in [0.2, 0.25) is 0 Å². The van der Waals surface area contributed by atoms with E-state index in [1.807, 2.05) is 0 Å². The number of benzene rings is 1. The molecule has 0 atom stereocenters. The zero-order valence-electron chi connectivity index (χ0n) is 12.6. The number of pyridine rings is 1. The zero-order chi connectivity index (χ0) is 17.0. The molecule has 0 radical (unpaired) electrons. The molecule has 4 nitrogen and oxygen atoms in total. The first-order valence-electron chi connectivity index (χ1n) is 6.69. The topological polar surface area (TPSA) is 51.4 Å². The number of nitrogens with two attached hydrogens (primary N) is 1. The highest BCUT2D eigenvalue weighted by atomic mass is 32.2. The number of halogens is 3. The van der Waals surface area contributed by atoms with E-state index in [9.17, 15) is 13.2 Å². The molecule has 0 aliphatic heterocycles. The summed E-state index contributed by atoms with van der Waals surface area (Å²) in [5.41, 5.74) is -2.80. The Morgan fingerprint density at radius 2 is 1.91 bits per heavy atom. The summed E-state index contributed by atoms with van der Waals surface area (Å²) < 4.78 is 43.8. The van der Waals surface area contributed by atoms with Gasteiger partial charge in [0.15, 0.2) is 0 Å². The van der Waals surface area contributed by atoms with Crippen LogP contribution in [-0.2, 0) is 6.61 Å². The number of hydrogen-bond acceptors (Lipinski definition) is 5. The minimum absolute atomic E-state index is 0.0555. The molecule has 2 aromatic rings. The van der Waals surface area contributed by atoms with Gasteiger partial charge in [0, 0.05) is 29.3 Å². The van der Waals surface area contributed by atoms with E-state index in [1.165, 1.54) is 17.1 Å². The smallest absolute Gasteiger partial charge is 0.446 e. The fourth-order valence-electron chi connectivity index (χ4n) is 1.99. The Kier molecular flexibility index (Phi) is 5.38. The van der Waals surface area contributed by atoms with Gasteiger partial charge in [0.25, 0.3) is 0 Å². The van der Waals surface area contributed by atoms with Crippen LogP contribution >= 0.6 is 11.8 Å². The van der Waals surface area contributed by atoms with Crippen molar-refractivity contribution in [2.45, 2.75) is 23.9 Å². The van der Waals surface area contributed by atoms with Gasteiger partial charge in [-0.1, -0.05) is 12.1 Å². The quantitative estimate of drug-likeness (QED) is 0.507. The molecule has 23 heavy (non-hydrogen) atoms. The minimum Gasteiger partial charge on any atom is -0.473 e. The summed E-state index contributed by atoms with van der Waals surface area (Å²) in [6.45, 7) is 1.74. The minimum atomic E-state index is -4.39. The molecule has 124 valence electrons. The average Bonchev–Trinajstić information content (AvgIpc) is 2.44. The van der Waals surface area contributed by atoms with Gasteiger partial charge in [0.05, 0.1) is 5.69 Å². The molecule has 8 heteroatoms. The summed E-state index contributed by atoms with van der Waals surface area (Å²) in [5, 5.41) is 1.27. The maximum absolute atomic E-state index is 12.7. The summed E-state index contributed by atoms with van der Waals surface area (Å²) in [5.74, 6) is 6.06. The predicted octanol–water partition coefficient (Wildman–Crippen LogP) is 3.89. The molecule has 0 bridgehead atoms. The van der Waals surface area contributed by atoms with Gasteiger partial charge in [-0.3, -0.25) is 0 Å². The van der Waals surface area contributed by atoms with Crippen molar-refractivity contribution in [3.8, 4) is 5.88 Å². The third kappa shape index (κ3) is 5.04. The Balaban J connectivity index is 2.30. The number of aryl methyl sites for hydroxylation is 1. The van der Waals surface area contributed by atoms with E-state index in [0.717, 1.165) is 5.69 Å². The van der Waals surface area contributed by atoms with E-state index in [2.05, 4.69) is 4.98 Å². The van der Waals surface area contributed by atoms with E-state index >= 15 is 0 Å². The summed E-state index contributed by atoms with van der Waals surface area (Å²) in [6, 6.07) is 9.79. The van der Waals surface area contributed by atoms with Crippen LogP contribution in [0, 0.1) is 6.92 Å². The summed E-state index contributed by atoms with van der Waals surface area (Å²) >= 11 is -0.185. The van der Waals surface area contributed by atoms with Gasteiger partial charge in [0.1, 0.15) is 6.61 Å². The molecule has 0 amide bonds. The Morgan fingerprint density at radius 1 is 1.22 bits per heavy atom. The monoisotopic (exact) mass is 343 g/mol. The fraction of sp³-hybridized carbons (Fsp3) is 0.267. The van der Waals surface area contributed by atoms with Crippen molar-refractivity contribution in [2.24, 2.45) is 5.84 Å². The number of aromatic nitrogens is 1. The Labute approximate surface area is 136 Å². The number of ether oxygens (including phenoxy) is 1. The van der Waals surface area contributed by atoms with E-state index in [1.54, 1.807) is 38.2 Å². The molecule has 2 rings (SSSR count). The van der Waals surface area contributed by atoms with E-state index in [4.69, 9.17) is 10.6 Å².